The van der Waals surface area contributed by atoms with Gasteiger partial charge in [0.2, 0.25) is 0 Å². The predicted octanol–water partition coefficient (Wildman–Crippen LogP) is 3.47. The molecule has 0 saturated carbocycles. The van der Waals surface area contributed by atoms with Gasteiger partial charge < -0.3 is 10.1 Å². The maximum absolute atomic E-state index is 13.7. The first kappa shape index (κ1) is 11.1. The summed E-state index contributed by atoms with van der Waals surface area (Å²) in [4.78, 5) is 0. The molecule has 0 aliphatic carbocycles. The summed E-state index contributed by atoms with van der Waals surface area (Å²) in [7, 11) is 1.47. The normalized spacial score (nSPS) is 13.0. The van der Waals surface area contributed by atoms with Crippen molar-refractivity contribution in [3.05, 3.63) is 47.8 Å². The topological polar surface area (TPSA) is 21.3 Å². The zero-order chi connectivity index (χ0) is 12.5. The van der Waals surface area contributed by atoms with Gasteiger partial charge in [0.25, 0.3) is 0 Å². The van der Waals surface area contributed by atoms with Gasteiger partial charge in [-0.2, -0.15) is 0 Å². The summed E-state index contributed by atoms with van der Waals surface area (Å²) in [6, 6.07) is 11.3. The third kappa shape index (κ3) is 1.82. The van der Waals surface area contributed by atoms with Gasteiger partial charge in [0.05, 0.1) is 7.11 Å². The highest BCUT2D eigenvalue weighted by Gasteiger charge is 2.11. The van der Waals surface area contributed by atoms with Crippen LogP contribution in [0.3, 0.4) is 0 Å². The van der Waals surface area contributed by atoms with Crippen molar-refractivity contribution in [2.45, 2.75) is 6.42 Å². The van der Waals surface area contributed by atoms with E-state index in [1.54, 1.807) is 6.07 Å². The van der Waals surface area contributed by atoms with Crippen LogP contribution < -0.4 is 10.1 Å². The van der Waals surface area contributed by atoms with Crippen LogP contribution in [0.5, 0.6) is 5.75 Å². The lowest BCUT2D eigenvalue weighted by Gasteiger charge is -2.07. The van der Waals surface area contributed by atoms with Gasteiger partial charge in [-0.15, -0.1) is 0 Å². The van der Waals surface area contributed by atoms with Crippen LogP contribution in [0.25, 0.3) is 11.1 Å². The molecule has 0 saturated heterocycles. The van der Waals surface area contributed by atoms with Crippen LogP contribution in [0.2, 0.25) is 0 Å². The maximum atomic E-state index is 13.7. The summed E-state index contributed by atoms with van der Waals surface area (Å²) in [5, 5.41) is 3.33. The Balaban J connectivity index is 2.02. The van der Waals surface area contributed by atoms with Gasteiger partial charge in [-0.05, 0) is 41.3 Å². The summed E-state index contributed by atoms with van der Waals surface area (Å²) >= 11 is 0. The zero-order valence-electron chi connectivity index (χ0n) is 10.2. The van der Waals surface area contributed by atoms with E-state index in [-0.39, 0.29) is 11.6 Å². The van der Waals surface area contributed by atoms with Crippen molar-refractivity contribution in [2.24, 2.45) is 0 Å². The van der Waals surface area contributed by atoms with Gasteiger partial charge in [-0.3, -0.25) is 0 Å². The second-order valence-corrected chi connectivity index (χ2v) is 4.40. The first-order chi connectivity index (χ1) is 8.78. The monoisotopic (exact) mass is 243 g/mol. The van der Waals surface area contributed by atoms with Gasteiger partial charge in [0.1, 0.15) is 0 Å². The molecular formula is C15H14FNO. The molecule has 0 amide bonds. The van der Waals surface area contributed by atoms with Crippen LogP contribution in [0.15, 0.2) is 36.4 Å². The summed E-state index contributed by atoms with van der Waals surface area (Å²) in [5.41, 5.74) is 4.37. The Morgan fingerprint density at radius 2 is 1.89 bits per heavy atom. The lowest BCUT2D eigenvalue weighted by Crippen LogP contribution is -1.91. The first-order valence-electron chi connectivity index (χ1n) is 5.98. The molecule has 0 unspecified atom stereocenters. The molecule has 0 bridgehead atoms. The number of anilines is 1. The van der Waals surface area contributed by atoms with Crippen LogP contribution in [0.1, 0.15) is 5.56 Å². The molecule has 2 aromatic carbocycles. The number of nitrogens with one attached hydrogen (secondary N) is 1. The van der Waals surface area contributed by atoms with E-state index in [1.165, 1.54) is 18.7 Å². The van der Waals surface area contributed by atoms with Crippen molar-refractivity contribution >= 4 is 5.69 Å². The zero-order valence-corrected chi connectivity index (χ0v) is 10.2. The number of rotatable bonds is 2. The fourth-order valence-electron chi connectivity index (χ4n) is 2.32. The lowest BCUT2D eigenvalue weighted by atomic mass is 10.0. The Kier molecular flexibility index (Phi) is 2.67. The van der Waals surface area contributed by atoms with Crippen molar-refractivity contribution in [2.75, 3.05) is 19.0 Å². The molecule has 0 atom stereocenters. The van der Waals surface area contributed by atoms with Gasteiger partial charge in [0.15, 0.2) is 11.6 Å². The number of ether oxygens (including phenoxy) is 1. The molecule has 3 rings (SSSR count). The molecule has 1 aliphatic rings. The molecule has 1 aliphatic heterocycles. The van der Waals surface area contributed by atoms with E-state index in [1.807, 2.05) is 12.1 Å². The fourth-order valence-corrected chi connectivity index (χ4v) is 2.32. The summed E-state index contributed by atoms with van der Waals surface area (Å²) < 4.78 is 18.6. The second kappa shape index (κ2) is 4.33. The molecule has 92 valence electrons. The fraction of sp³-hybridized carbons (Fsp3) is 0.200. The Hall–Kier alpha value is -2.03. The van der Waals surface area contributed by atoms with Crippen molar-refractivity contribution in [3.8, 4) is 16.9 Å². The van der Waals surface area contributed by atoms with Gasteiger partial charge in [0, 0.05) is 12.2 Å². The van der Waals surface area contributed by atoms with E-state index < -0.39 is 0 Å². The number of hydrogen-bond donors (Lipinski definition) is 1. The number of benzene rings is 2. The third-order valence-corrected chi connectivity index (χ3v) is 3.30. The van der Waals surface area contributed by atoms with Crippen molar-refractivity contribution in [3.63, 3.8) is 0 Å². The molecule has 1 N–H and O–H groups in total. The van der Waals surface area contributed by atoms with E-state index in [4.69, 9.17) is 4.74 Å². The Morgan fingerprint density at radius 3 is 2.67 bits per heavy atom. The molecule has 0 aromatic heterocycles. The summed E-state index contributed by atoms with van der Waals surface area (Å²) in [5.74, 6) is -0.0542. The van der Waals surface area contributed by atoms with Gasteiger partial charge in [-0.1, -0.05) is 18.2 Å². The van der Waals surface area contributed by atoms with E-state index in [9.17, 15) is 4.39 Å². The number of halogens is 1. The highest BCUT2D eigenvalue weighted by Crippen LogP contribution is 2.30. The lowest BCUT2D eigenvalue weighted by molar-refractivity contribution is 0.386. The van der Waals surface area contributed by atoms with Crippen LogP contribution in [-0.2, 0) is 6.42 Å². The predicted molar refractivity (Wildman–Crippen MR) is 70.6 cm³/mol. The minimum atomic E-state index is -0.330. The summed E-state index contributed by atoms with van der Waals surface area (Å²) in [6.45, 7) is 0.982. The largest absolute Gasteiger partial charge is 0.494 e. The Bertz CT molecular complexity index is 595. The van der Waals surface area contributed by atoms with Gasteiger partial charge >= 0.3 is 0 Å². The molecule has 2 aromatic rings. The third-order valence-electron chi connectivity index (χ3n) is 3.30. The molecule has 0 spiro atoms. The smallest absolute Gasteiger partial charge is 0.165 e. The minimum absolute atomic E-state index is 0.276. The average molecular weight is 243 g/mol. The highest BCUT2D eigenvalue weighted by atomic mass is 19.1. The summed E-state index contributed by atoms with van der Waals surface area (Å²) in [6.07, 6.45) is 1.06. The van der Waals surface area contributed by atoms with E-state index in [2.05, 4.69) is 17.4 Å². The molecule has 1 heterocycles. The Labute approximate surface area is 105 Å². The van der Waals surface area contributed by atoms with Crippen LogP contribution in [-0.4, -0.2) is 13.7 Å². The molecule has 3 heteroatoms. The SMILES string of the molecule is COc1ccc(-c2ccc3c(c2)NCC3)cc1F. The quantitative estimate of drug-likeness (QED) is 0.872. The van der Waals surface area contributed by atoms with E-state index in [0.717, 1.165) is 29.8 Å². The van der Waals surface area contributed by atoms with Crippen LogP contribution >= 0.6 is 0 Å². The van der Waals surface area contributed by atoms with Crippen molar-refractivity contribution in [1.29, 1.82) is 0 Å². The second-order valence-electron chi connectivity index (χ2n) is 4.40. The average Bonchev–Trinajstić information content (AvgIpc) is 2.85. The number of methoxy groups -OCH3 is 1. The van der Waals surface area contributed by atoms with Crippen LogP contribution in [0.4, 0.5) is 10.1 Å². The molecule has 0 radical (unpaired) electrons. The van der Waals surface area contributed by atoms with E-state index in [0.29, 0.717) is 0 Å². The molecule has 0 fully saturated rings. The highest BCUT2D eigenvalue weighted by molar-refractivity contribution is 5.71. The van der Waals surface area contributed by atoms with E-state index >= 15 is 0 Å². The van der Waals surface area contributed by atoms with Crippen molar-refractivity contribution < 1.29 is 9.13 Å². The van der Waals surface area contributed by atoms with Gasteiger partial charge in [-0.25, -0.2) is 4.39 Å². The minimum Gasteiger partial charge on any atom is -0.494 e. The Morgan fingerprint density at radius 1 is 1.11 bits per heavy atom. The number of hydrogen-bond acceptors (Lipinski definition) is 2. The number of fused-ring (bicyclic) bond motifs is 1. The molecular weight excluding hydrogens is 229 g/mol. The standard InChI is InChI=1S/C15H14FNO/c1-18-15-5-4-11(8-13(15)16)12-3-2-10-6-7-17-14(10)9-12/h2-5,8-9,17H,6-7H2,1H3. The first-order valence-corrected chi connectivity index (χ1v) is 5.98. The maximum Gasteiger partial charge on any atom is 0.165 e. The molecule has 2 nitrogen and oxygen atoms in total. The van der Waals surface area contributed by atoms with Crippen molar-refractivity contribution in [1.82, 2.24) is 0 Å². The van der Waals surface area contributed by atoms with Crippen LogP contribution in [0, 0.1) is 5.82 Å². The molecule has 18 heavy (non-hydrogen) atoms.